The molecule has 0 aromatic heterocycles. The maximum absolute atomic E-state index is 12.6. The van der Waals surface area contributed by atoms with Crippen LogP contribution in [0.4, 0.5) is 17.1 Å². The minimum Gasteiger partial charge on any atom is -0.280 e. The van der Waals surface area contributed by atoms with Gasteiger partial charge in [-0.05, 0) is 36.8 Å². The highest BCUT2D eigenvalue weighted by atomic mass is 32.2. The lowest BCUT2D eigenvalue weighted by atomic mass is 10.1. The zero-order valence-electron chi connectivity index (χ0n) is 15.4. The Bertz CT molecular complexity index is 1150. The largest absolute Gasteiger partial charge is 0.295 e. The molecule has 0 saturated heterocycles. The van der Waals surface area contributed by atoms with Crippen LogP contribution in [-0.2, 0) is 10.0 Å². The number of para-hydroxylation sites is 1. The third-order valence-electron chi connectivity index (χ3n) is 4.04. The van der Waals surface area contributed by atoms with E-state index in [0.29, 0.717) is 11.4 Å². The first-order valence-electron chi connectivity index (χ1n) is 8.59. The Hall–Kier alpha value is -3.72. The minimum atomic E-state index is -3.98. The van der Waals surface area contributed by atoms with Gasteiger partial charge in [-0.1, -0.05) is 48.5 Å². The van der Waals surface area contributed by atoms with E-state index in [2.05, 4.69) is 15.2 Å². The second kappa shape index (κ2) is 8.53. The fourth-order valence-corrected chi connectivity index (χ4v) is 3.61. The monoisotopic (exact) mass is 410 g/mol. The van der Waals surface area contributed by atoms with E-state index < -0.39 is 20.6 Å². The summed E-state index contributed by atoms with van der Waals surface area (Å²) in [6, 6.07) is 21.2. The molecule has 9 heteroatoms. The fourth-order valence-electron chi connectivity index (χ4n) is 2.53. The summed E-state index contributed by atoms with van der Waals surface area (Å²) in [6.45, 7) is 1.76. The summed E-state index contributed by atoms with van der Waals surface area (Å²) >= 11 is 0. The van der Waals surface area contributed by atoms with Crippen LogP contribution in [0.1, 0.15) is 12.5 Å². The highest BCUT2D eigenvalue weighted by Crippen LogP contribution is 2.28. The molecule has 0 fully saturated rings. The standard InChI is InChI=1S/C20H18N4O4S/c1-15(16-8-4-2-5-9-16)21-22-19-13-12-18(14-20(19)24(25)26)29(27,28)23-17-10-6-3-7-11-17/h2-14,22-23H,1H3. The van der Waals surface area contributed by atoms with Gasteiger partial charge in [0.05, 0.1) is 15.5 Å². The van der Waals surface area contributed by atoms with Crippen LogP contribution >= 0.6 is 0 Å². The van der Waals surface area contributed by atoms with Gasteiger partial charge in [-0.3, -0.25) is 20.3 Å². The molecule has 29 heavy (non-hydrogen) atoms. The number of sulfonamides is 1. The molecule has 3 aromatic rings. The normalized spacial score (nSPS) is 11.7. The zero-order chi connectivity index (χ0) is 20.9. The second-order valence-corrected chi connectivity index (χ2v) is 7.77. The third kappa shape index (κ3) is 4.96. The summed E-state index contributed by atoms with van der Waals surface area (Å²) in [6.07, 6.45) is 0. The van der Waals surface area contributed by atoms with Gasteiger partial charge in [0.25, 0.3) is 15.7 Å². The molecule has 3 rings (SSSR count). The van der Waals surface area contributed by atoms with Crippen molar-refractivity contribution in [1.82, 2.24) is 0 Å². The molecule has 0 atom stereocenters. The molecule has 0 radical (unpaired) electrons. The highest BCUT2D eigenvalue weighted by Gasteiger charge is 2.21. The molecule has 148 valence electrons. The molecular weight excluding hydrogens is 392 g/mol. The number of nitrogens with zero attached hydrogens (tertiary/aromatic N) is 2. The van der Waals surface area contributed by atoms with Crippen molar-refractivity contribution in [1.29, 1.82) is 0 Å². The maximum atomic E-state index is 12.6. The third-order valence-corrected chi connectivity index (χ3v) is 5.42. The smallest absolute Gasteiger partial charge is 0.280 e. The van der Waals surface area contributed by atoms with Gasteiger partial charge < -0.3 is 0 Å². The van der Waals surface area contributed by atoms with Gasteiger partial charge >= 0.3 is 0 Å². The van der Waals surface area contributed by atoms with Gasteiger partial charge in [0.2, 0.25) is 0 Å². The molecule has 2 N–H and O–H groups in total. The summed E-state index contributed by atoms with van der Waals surface area (Å²) in [5.74, 6) is 0. The highest BCUT2D eigenvalue weighted by molar-refractivity contribution is 7.92. The van der Waals surface area contributed by atoms with Crippen LogP contribution in [0.25, 0.3) is 0 Å². The van der Waals surface area contributed by atoms with Crippen LogP contribution in [0.5, 0.6) is 0 Å². The number of nitro groups is 1. The number of hydrogen-bond donors (Lipinski definition) is 2. The fraction of sp³-hybridized carbons (Fsp3) is 0.0500. The SMILES string of the molecule is CC(=NNc1ccc(S(=O)(=O)Nc2ccccc2)cc1[N+](=O)[O-])c1ccccc1. The van der Waals surface area contributed by atoms with Crippen LogP contribution in [0.3, 0.4) is 0 Å². The molecule has 8 nitrogen and oxygen atoms in total. The molecule has 0 bridgehead atoms. The summed E-state index contributed by atoms with van der Waals surface area (Å²) in [5, 5.41) is 15.6. The topological polar surface area (TPSA) is 114 Å². The number of rotatable bonds is 7. The molecule has 0 heterocycles. The summed E-state index contributed by atoms with van der Waals surface area (Å²) < 4.78 is 27.5. The van der Waals surface area contributed by atoms with Crippen molar-refractivity contribution in [2.24, 2.45) is 5.10 Å². The molecule has 0 unspecified atom stereocenters. The van der Waals surface area contributed by atoms with Crippen molar-refractivity contribution >= 4 is 32.8 Å². The van der Waals surface area contributed by atoms with Crippen molar-refractivity contribution in [3.63, 3.8) is 0 Å². The Balaban J connectivity index is 1.88. The number of anilines is 2. The van der Waals surface area contributed by atoms with Gasteiger partial charge in [0, 0.05) is 11.8 Å². The van der Waals surface area contributed by atoms with E-state index in [4.69, 9.17) is 0 Å². The summed E-state index contributed by atoms with van der Waals surface area (Å²) in [7, 11) is -3.98. The molecule has 0 aliphatic rings. The Morgan fingerprint density at radius 2 is 1.59 bits per heavy atom. The van der Waals surface area contributed by atoms with E-state index in [1.165, 1.54) is 12.1 Å². The predicted molar refractivity (Wildman–Crippen MR) is 113 cm³/mol. The first-order chi connectivity index (χ1) is 13.9. The quantitative estimate of drug-likeness (QED) is 0.344. The molecular formula is C20H18N4O4S. The van der Waals surface area contributed by atoms with E-state index in [9.17, 15) is 18.5 Å². The zero-order valence-corrected chi connectivity index (χ0v) is 16.3. The maximum Gasteiger partial charge on any atom is 0.295 e. The minimum absolute atomic E-state index is 0.0870. The Morgan fingerprint density at radius 1 is 0.966 bits per heavy atom. The lowest BCUT2D eigenvalue weighted by Crippen LogP contribution is -2.13. The van der Waals surface area contributed by atoms with E-state index >= 15 is 0 Å². The van der Waals surface area contributed by atoms with Crippen molar-refractivity contribution in [3.8, 4) is 0 Å². The van der Waals surface area contributed by atoms with E-state index in [1.807, 2.05) is 30.3 Å². The van der Waals surface area contributed by atoms with Crippen LogP contribution in [0.2, 0.25) is 0 Å². The van der Waals surface area contributed by atoms with Crippen molar-refractivity contribution in [2.45, 2.75) is 11.8 Å². The van der Waals surface area contributed by atoms with E-state index in [-0.39, 0.29) is 10.6 Å². The summed E-state index contributed by atoms with van der Waals surface area (Å²) in [5.41, 5.74) is 4.19. The lowest BCUT2D eigenvalue weighted by molar-refractivity contribution is -0.384. The van der Waals surface area contributed by atoms with Gasteiger partial charge in [0.1, 0.15) is 5.69 Å². The first kappa shape index (κ1) is 20.0. The number of nitrogens with one attached hydrogen (secondary N) is 2. The Kier molecular flexibility index (Phi) is 5.89. The van der Waals surface area contributed by atoms with Crippen LogP contribution in [0, 0.1) is 10.1 Å². The van der Waals surface area contributed by atoms with Crippen molar-refractivity contribution in [2.75, 3.05) is 10.1 Å². The average Bonchev–Trinajstić information content (AvgIpc) is 2.72. The molecule has 0 aliphatic carbocycles. The molecule has 0 saturated carbocycles. The van der Waals surface area contributed by atoms with Crippen molar-refractivity contribution in [3.05, 3.63) is 94.5 Å². The van der Waals surface area contributed by atoms with Gasteiger partial charge in [-0.2, -0.15) is 5.10 Å². The van der Waals surface area contributed by atoms with Crippen LogP contribution in [0.15, 0.2) is 88.9 Å². The molecule has 0 aliphatic heterocycles. The van der Waals surface area contributed by atoms with Crippen molar-refractivity contribution < 1.29 is 13.3 Å². The lowest BCUT2D eigenvalue weighted by Gasteiger charge is -2.09. The van der Waals surface area contributed by atoms with E-state index in [0.717, 1.165) is 11.6 Å². The summed E-state index contributed by atoms with van der Waals surface area (Å²) in [4.78, 5) is 10.6. The predicted octanol–water partition coefficient (Wildman–Crippen LogP) is 4.23. The number of benzene rings is 3. The Labute approximate surface area is 168 Å². The first-order valence-corrected chi connectivity index (χ1v) is 10.1. The number of nitro benzene ring substituents is 1. The van der Waals surface area contributed by atoms with Gasteiger partial charge in [0.15, 0.2) is 0 Å². The average molecular weight is 410 g/mol. The molecule has 0 amide bonds. The van der Waals surface area contributed by atoms with Gasteiger partial charge in [-0.15, -0.1) is 0 Å². The molecule has 0 spiro atoms. The Morgan fingerprint density at radius 3 is 2.21 bits per heavy atom. The molecule has 3 aromatic carbocycles. The van der Waals surface area contributed by atoms with Gasteiger partial charge in [-0.25, -0.2) is 8.42 Å². The van der Waals surface area contributed by atoms with E-state index in [1.54, 1.807) is 37.3 Å². The van der Waals surface area contributed by atoms with Crippen LogP contribution in [-0.4, -0.2) is 19.1 Å². The number of hydrazone groups is 1. The van der Waals surface area contributed by atoms with Crippen LogP contribution < -0.4 is 10.1 Å². The second-order valence-electron chi connectivity index (χ2n) is 6.08. The number of hydrogen-bond acceptors (Lipinski definition) is 6.